The molecule has 5 heteroatoms. The van der Waals surface area contributed by atoms with Crippen molar-refractivity contribution in [3.8, 4) is 5.75 Å². The van der Waals surface area contributed by atoms with Crippen molar-refractivity contribution >= 4 is 11.7 Å². The highest BCUT2D eigenvalue weighted by molar-refractivity contribution is 6.39. The van der Waals surface area contributed by atoms with E-state index in [-0.39, 0.29) is 6.04 Å². The number of methoxy groups -OCH3 is 1. The average Bonchev–Trinajstić information content (AvgIpc) is 2.67. The topological polar surface area (TPSA) is 58.6 Å². The van der Waals surface area contributed by atoms with E-state index in [0.29, 0.717) is 5.75 Å². The number of ether oxygens (including phenoxy) is 1. The first-order chi connectivity index (χ1) is 8.54. The first kappa shape index (κ1) is 12.6. The van der Waals surface area contributed by atoms with Crippen molar-refractivity contribution in [1.29, 1.82) is 0 Å². The van der Waals surface area contributed by atoms with E-state index < -0.39 is 17.7 Å². The SMILES string of the molecule is COc1cccc(C2NN(C(C)C)C(=O)C2=O)c1. The molecule has 0 aromatic heterocycles. The Morgan fingerprint density at radius 2 is 2.06 bits per heavy atom. The number of nitrogens with one attached hydrogen (secondary N) is 1. The van der Waals surface area contributed by atoms with Gasteiger partial charge in [-0.25, -0.2) is 5.43 Å². The van der Waals surface area contributed by atoms with Crippen LogP contribution in [0.2, 0.25) is 0 Å². The van der Waals surface area contributed by atoms with Gasteiger partial charge in [0, 0.05) is 6.04 Å². The summed E-state index contributed by atoms with van der Waals surface area (Å²) in [6, 6.07) is 6.48. The summed E-state index contributed by atoms with van der Waals surface area (Å²) < 4.78 is 5.11. The lowest BCUT2D eigenvalue weighted by atomic mass is 10.0. The van der Waals surface area contributed by atoms with Crippen LogP contribution in [-0.2, 0) is 9.59 Å². The summed E-state index contributed by atoms with van der Waals surface area (Å²) in [5, 5.41) is 1.37. The van der Waals surface area contributed by atoms with Gasteiger partial charge in [0.05, 0.1) is 7.11 Å². The largest absolute Gasteiger partial charge is 0.497 e. The zero-order chi connectivity index (χ0) is 13.3. The fraction of sp³-hybridized carbons (Fsp3) is 0.385. The molecule has 96 valence electrons. The fourth-order valence-electron chi connectivity index (χ4n) is 1.93. The summed E-state index contributed by atoms with van der Waals surface area (Å²) in [5.74, 6) is -0.257. The van der Waals surface area contributed by atoms with Gasteiger partial charge in [-0.2, -0.15) is 0 Å². The molecule has 1 aromatic rings. The van der Waals surface area contributed by atoms with Crippen LogP contribution in [0.4, 0.5) is 0 Å². The highest BCUT2D eigenvalue weighted by atomic mass is 16.5. The molecule has 1 N–H and O–H groups in total. The normalized spacial score (nSPS) is 19.8. The van der Waals surface area contributed by atoms with E-state index in [2.05, 4.69) is 5.43 Å². The maximum atomic E-state index is 11.9. The van der Waals surface area contributed by atoms with Gasteiger partial charge in [0.15, 0.2) is 0 Å². The van der Waals surface area contributed by atoms with Gasteiger partial charge in [0.25, 0.3) is 0 Å². The predicted octanol–water partition coefficient (Wildman–Crippen LogP) is 1.06. The number of hydrazine groups is 1. The van der Waals surface area contributed by atoms with E-state index in [0.717, 1.165) is 5.56 Å². The molecule has 1 atom stereocenters. The Morgan fingerprint density at radius 3 is 2.61 bits per heavy atom. The van der Waals surface area contributed by atoms with Crippen LogP contribution in [0, 0.1) is 0 Å². The second-order valence-corrected chi connectivity index (χ2v) is 4.47. The maximum Gasteiger partial charge on any atom is 0.306 e. The number of Topliss-reactive ketones (excluding diaryl/α,β-unsaturated/α-hetero) is 1. The van der Waals surface area contributed by atoms with Crippen molar-refractivity contribution in [2.45, 2.75) is 25.9 Å². The Bertz CT molecular complexity index is 485. The zero-order valence-corrected chi connectivity index (χ0v) is 10.6. The quantitative estimate of drug-likeness (QED) is 0.813. The Balaban J connectivity index is 2.29. The number of hydrogen-bond acceptors (Lipinski definition) is 4. The first-order valence-electron chi connectivity index (χ1n) is 5.82. The van der Waals surface area contributed by atoms with E-state index in [1.165, 1.54) is 5.01 Å². The summed E-state index contributed by atoms with van der Waals surface area (Å²) in [6.07, 6.45) is 0. The van der Waals surface area contributed by atoms with Crippen LogP contribution in [-0.4, -0.2) is 29.9 Å². The molecule has 0 aliphatic carbocycles. The van der Waals surface area contributed by atoms with Gasteiger partial charge in [-0.3, -0.25) is 14.6 Å². The molecule has 0 bridgehead atoms. The predicted molar refractivity (Wildman–Crippen MR) is 65.9 cm³/mol. The first-order valence-corrected chi connectivity index (χ1v) is 5.82. The average molecular weight is 248 g/mol. The van der Waals surface area contributed by atoms with E-state index in [9.17, 15) is 9.59 Å². The monoisotopic (exact) mass is 248 g/mol. The molecule has 1 fully saturated rings. The van der Waals surface area contributed by atoms with Crippen LogP contribution in [0.25, 0.3) is 0 Å². The molecule has 0 radical (unpaired) electrons. The zero-order valence-electron chi connectivity index (χ0n) is 10.6. The highest BCUT2D eigenvalue weighted by Crippen LogP contribution is 2.25. The standard InChI is InChI=1S/C13H16N2O3/c1-8(2)15-13(17)12(16)11(14-15)9-5-4-6-10(7-9)18-3/h4-8,11,14H,1-3H3. The number of hydrogen-bond donors (Lipinski definition) is 1. The van der Waals surface area contributed by atoms with Crippen LogP contribution >= 0.6 is 0 Å². The van der Waals surface area contributed by atoms with Crippen molar-refractivity contribution < 1.29 is 14.3 Å². The Kier molecular flexibility index (Phi) is 3.34. The van der Waals surface area contributed by atoms with Crippen molar-refractivity contribution in [3.05, 3.63) is 29.8 Å². The van der Waals surface area contributed by atoms with E-state index in [4.69, 9.17) is 4.74 Å². The van der Waals surface area contributed by atoms with Gasteiger partial charge >= 0.3 is 5.91 Å². The van der Waals surface area contributed by atoms with Crippen molar-refractivity contribution in [3.63, 3.8) is 0 Å². The van der Waals surface area contributed by atoms with E-state index in [1.54, 1.807) is 31.4 Å². The molecule has 1 unspecified atom stereocenters. The Labute approximate surface area is 106 Å². The number of carbonyl (C=O) groups is 2. The minimum atomic E-state index is -0.616. The Hall–Kier alpha value is -1.88. The van der Waals surface area contributed by atoms with Crippen LogP contribution in [0.3, 0.4) is 0 Å². The third kappa shape index (κ3) is 2.09. The molecule has 1 aliphatic heterocycles. The van der Waals surface area contributed by atoms with E-state index in [1.807, 2.05) is 13.8 Å². The lowest BCUT2D eigenvalue weighted by Crippen LogP contribution is -2.40. The molecule has 0 saturated carbocycles. The fourth-order valence-corrected chi connectivity index (χ4v) is 1.93. The van der Waals surface area contributed by atoms with Gasteiger partial charge in [-0.1, -0.05) is 12.1 Å². The minimum Gasteiger partial charge on any atom is -0.497 e. The number of amides is 1. The molecule has 1 aliphatic rings. The number of benzene rings is 1. The van der Waals surface area contributed by atoms with Crippen molar-refractivity contribution in [2.24, 2.45) is 0 Å². The molecular weight excluding hydrogens is 232 g/mol. The van der Waals surface area contributed by atoms with E-state index >= 15 is 0 Å². The summed E-state index contributed by atoms with van der Waals surface area (Å²) in [5.41, 5.74) is 3.67. The maximum absolute atomic E-state index is 11.9. The molecule has 1 heterocycles. The number of nitrogens with zero attached hydrogens (tertiary/aromatic N) is 1. The van der Waals surface area contributed by atoms with Gasteiger partial charge in [0.1, 0.15) is 11.8 Å². The summed E-state index contributed by atoms with van der Waals surface area (Å²) in [6.45, 7) is 3.71. The molecule has 2 rings (SSSR count). The lowest BCUT2D eigenvalue weighted by molar-refractivity contribution is -0.141. The molecule has 1 saturated heterocycles. The second-order valence-electron chi connectivity index (χ2n) is 4.47. The summed E-state index contributed by atoms with van der Waals surface area (Å²) in [7, 11) is 1.56. The van der Waals surface area contributed by atoms with Crippen LogP contribution in [0.5, 0.6) is 5.75 Å². The minimum absolute atomic E-state index is 0.0583. The second kappa shape index (κ2) is 4.78. The number of rotatable bonds is 3. The summed E-state index contributed by atoms with van der Waals surface area (Å²) >= 11 is 0. The molecule has 18 heavy (non-hydrogen) atoms. The van der Waals surface area contributed by atoms with Gasteiger partial charge in [-0.05, 0) is 31.5 Å². The van der Waals surface area contributed by atoms with Gasteiger partial charge in [-0.15, -0.1) is 0 Å². The molecule has 1 amide bonds. The van der Waals surface area contributed by atoms with Gasteiger partial charge < -0.3 is 4.74 Å². The van der Waals surface area contributed by atoms with Crippen LogP contribution in [0.15, 0.2) is 24.3 Å². The van der Waals surface area contributed by atoms with Crippen molar-refractivity contribution in [1.82, 2.24) is 10.4 Å². The number of ketones is 1. The molecule has 0 spiro atoms. The third-order valence-electron chi connectivity index (χ3n) is 2.90. The molecule has 1 aromatic carbocycles. The lowest BCUT2D eigenvalue weighted by Gasteiger charge is -2.20. The highest BCUT2D eigenvalue weighted by Gasteiger charge is 2.40. The molecule has 5 nitrogen and oxygen atoms in total. The van der Waals surface area contributed by atoms with Crippen LogP contribution in [0.1, 0.15) is 25.5 Å². The molecular formula is C13H16N2O3. The third-order valence-corrected chi connectivity index (χ3v) is 2.90. The Morgan fingerprint density at radius 1 is 1.33 bits per heavy atom. The summed E-state index contributed by atoms with van der Waals surface area (Å²) in [4.78, 5) is 23.7. The smallest absolute Gasteiger partial charge is 0.306 e. The number of carbonyl (C=O) groups excluding carboxylic acids is 2. The van der Waals surface area contributed by atoms with Crippen LogP contribution < -0.4 is 10.2 Å². The van der Waals surface area contributed by atoms with Crippen molar-refractivity contribution in [2.75, 3.05) is 7.11 Å². The van der Waals surface area contributed by atoms with Gasteiger partial charge in [0.2, 0.25) is 5.78 Å².